The summed E-state index contributed by atoms with van der Waals surface area (Å²) in [5.41, 5.74) is 0.347. The van der Waals surface area contributed by atoms with Gasteiger partial charge in [0.25, 0.3) is 5.91 Å². The monoisotopic (exact) mass is 347 g/mol. The number of hydrogen-bond donors (Lipinski definition) is 3. The smallest absolute Gasteiger partial charge is 0.251 e. The zero-order valence-electron chi connectivity index (χ0n) is 14.7. The SMILES string of the molecule is CC(C)C(NC(=O)c1ccc(F)cc1)C(=O)NC1CC2CCC(C1)N2. The van der Waals surface area contributed by atoms with Crippen LogP contribution >= 0.6 is 0 Å². The molecule has 0 saturated carbocycles. The lowest BCUT2D eigenvalue weighted by atomic mass is 9.97. The van der Waals surface area contributed by atoms with Crippen molar-refractivity contribution in [3.05, 3.63) is 35.6 Å². The van der Waals surface area contributed by atoms with Crippen LogP contribution in [0.5, 0.6) is 0 Å². The fraction of sp³-hybridized carbons (Fsp3) is 0.579. The second-order valence-electron chi connectivity index (χ2n) is 7.52. The summed E-state index contributed by atoms with van der Waals surface area (Å²) in [5, 5.41) is 9.46. The number of nitrogens with one attached hydrogen (secondary N) is 3. The van der Waals surface area contributed by atoms with Crippen molar-refractivity contribution >= 4 is 11.8 Å². The Morgan fingerprint density at radius 3 is 2.28 bits per heavy atom. The van der Waals surface area contributed by atoms with Gasteiger partial charge in [-0.3, -0.25) is 9.59 Å². The molecule has 2 bridgehead atoms. The molecule has 2 fully saturated rings. The molecule has 136 valence electrons. The van der Waals surface area contributed by atoms with Gasteiger partial charge < -0.3 is 16.0 Å². The fourth-order valence-corrected chi connectivity index (χ4v) is 3.83. The van der Waals surface area contributed by atoms with E-state index in [2.05, 4.69) is 16.0 Å². The number of carbonyl (C=O) groups excluding carboxylic acids is 2. The Morgan fingerprint density at radius 1 is 1.12 bits per heavy atom. The minimum atomic E-state index is -0.606. The zero-order chi connectivity index (χ0) is 18.0. The van der Waals surface area contributed by atoms with Gasteiger partial charge in [-0.05, 0) is 55.9 Å². The van der Waals surface area contributed by atoms with Crippen LogP contribution in [0.25, 0.3) is 0 Å². The Bertz CT molecular complexity index is 620. The van der Waals surface area contributed by atoms with Crippen LogP contribution in [0.4, 0.5) is 4.39 Å². The lowest BCUT2D eigenvalue weighted by Crippen LogP contribution is -2.55. The molecule has 0 aliphatic carbocycles. The number of halogens is 1. The summed E-state index contributed by atoms with van der Waals surface area (Å²) in [6, 6.07) is 5.87. The molecule has 3 atom stereocenters. The largest absolute Gasteiger partial charge is 0.351 e. The van der Waals surface area contributed by atoms with Gasteiger partial charge in [-0.2, -0.15) is 0 Å². The van der Waals surface area contributed by atoms with Crippen LogP contribution in [0, 0.1) is 11.7 Å². The third kappa shape index (κ3) is 4.37. The maximum absolute atomic E-state index is 13.0. The van der Waals surface area contributed by atoms with E-state index in [1.807, 2.05) is 13.8 Å². The van der Waals surface area contributed by atoms with Gasteiger partial charge in [0.15, 0.2) is 0 Å². The van der Waals surface area contributed by atoms with Gasteiger partial charge in [-0.1, -0.05) is 13.8 Å². The highest BCUT2D eigenvalue weighted by molar-refractivity contribution is 5.97. The predicted molar refractivity (Wildman–Crippen MR) is 93.6 cm³/mol. The van der Waals surface area contributed by atoms with Crippen LogP contribution in [-0.2, 0) is 4.79 Å². The third-order valence-corrected chi connectivity index (χ3v) is 5.16. The van der Waals surface area contributed by atoms with Gasteiger partial charge in [0.05, 0.1) is 0 Å². The molecule has 2 heterocycles. The van der Waals surface area contributed by atoms with Crippen molar-refractivity contribution in [2.24, 2.45) is 5.92 Å². The second kappa shape index (κ2) is 7.52. The highest BCUT2D eigenvalue weighted by atomic mass is 19.1. The summed E-state index contributed by atoms with van der Waals surface area (Å²) in [4.78, 5) is 25.1. The van der Waals surface area contributed by atoms with E-state index in [9.17, 15) is 14.0 Å². The lowest BCUT2D eigenvalue weighted by Gasteiger charge is -2.31. The van der Waals surface area contributed by atoms with Crippen molar-refractivity contribution in [3.63, 3.8) is 0 Å². The van der Waals surface area contributed by atoms with E-state index in [4.69, 9.17) is 0 Å². The molecule has 3 N–H and O–H groups in total. The fourth-order valence-electron chi connectivity index (χ4n) is 3.83. The molecule has 2 aliphatic rings. The highest BCUT2D eigenvalue weighted by Crippen LogP contribution is 2.26. The molecular formula is C19H26FN3O2. The van der Waals surface area contributed by atoms with E-state index in [0.29, 0.717) is 17.6 Å². The molecule has 1 aromatic carbocycles. The Balaban J connectivity index is 1.61. The molecule has 0 radical (unpaired) electrons. The zero-order valence-corrected chi connectivity index (χ0v) is 14.7. The molecule has 2 aliphatic heterocycles. The van der Waals surface area contributed by atoms with Gasteiger partial charge >= 0.3 is 0 Å². The first-order valence-corrected chi connectivity index (χ1v) is 9.05. The van der Waals surface area contributed by atoms with E-state index >= 15 is 0 Å². The number of fused-ring (bicyclic) bond motifs is 2. The molecule has 2 saturated heterocycles. The van der Waals surface area contributed by atoms with Crippen molar-refractivity contribution in [3.8, 4) is 0 Å². The minimum Gasteiger partial charge on any atom is -0.351 e. The molecule has 2 amide bonds. The summed E-state index contributed by atoms with van der Waals surface area (Å²) in [6.45, 7) is 3.81. The molecule has 25 heavy (non-hydrogen) atoms. The maximum atomic E-state index is 13.0. The van der Waals surface area contributed by atoms with Crippen LogP contribution in [0.3, 0.4) is 0 Å². The van der Waals surface area contributed by atoms with Gasteiger partial charge in [0.2, 0.25) is 5.91 Å². The van der Waals surface area contributed by atoms with Gasteiger partial charge in [-0.15, -0.1) is 0 Å². The first-order valence-electron chi connectivity index (χ1n) is 9.05. The maximum Gasteiger partial charge on any atom is 0.251 e. The summed E-state index contributed by atoms with van der Waals surface area (Å²) >= 11 is 0. The highest BCUT2D eigenvalue weighted by Gasteiger charge is 2.35. The molecule has 0 aromatic heterocycles. The van der Waals surface area contributed by atoms with Crippen LogP contribution in [0.15, 0.2) is 24.3 Å². The minimum absolute atomic E-state index is 0.0390. The number of hydrogen-bond acceptors (Lipinski definition) is 3. The van der Waals surface area contributed by atoms with Gasteiger partial charge in [0.1, 0.15) is 11.9 Å². The Hall–Kier alpha value is -1.95. The lowest BCUT2D eigenvalue weighted by molar-refractivity contribution is -0.124. The van der Waals surface area contributed by atoms with Crippen molar-refractivity contribution in [2.75, 3.05) is 0 Å². The number of benzene rings is 1. The molecule has 0 spiro atoms. The van der Waals surface area contributed by atoms with Crippen molar-refractivity contribution in [1.29, 1.82) is 0 Å². The third-order valence-electron chi connectivity index (χ3n) is 5.16. The molecular weight excluding hydrogens is 321 g/mol. The predicted octanol–water partition coefficient (Wildman–Crippen LogP) is 1.98. The average Bonchev–Trinajstić information content (AvgIpc) is 2.91. The second-order valence-corrected chi connectivity index (χ2v) is 7.52. The van der Waals surface area contributed by atoms with Crippen LogP contribution < -0.4 is 16.0 Å². The average molecular weight is 347 g/mol. The van der Waals surface area contributed by atoms with Crippen LogP contribution in [0.1, 0.15) is 49.9 Å². The quantitative estimate of drug-likeness (QED) is 0.763. The molecule has 3 unspecified atom stereocenters. The van der Waals surface area contributed by atoms with E-state index in [-0.39, 0.29) is 23.8 Å². The Labute approximate surface area is 147 Å². The molecule has 3 rings (SSSR count). The molecule has 1 aromatic rings. The summed E-state index contributed by atoms with van der Waals surface area (Å²) < 4.78 is 13.0. The number of rotatable bonds is 5. The van der Waals surface area contributed by atoms with E-state index in [1.54, 1.807) is 0 Å². The van der Waals surface area contributed by atoms with E-state index in [0.717, 1.165) is 12.8 Å². The Morgan fingerprint density at radius 2 is 1.72 bits per heavy atom. The summed E-state index contributed by atoms with van der Waals surface area (Å²) in [6.07, 6.45) is 4.23. The van der Waals surface area contributed by atoms with Gasteiger partial charge in [-0.25, -0.2) is 4.39 Å². The number of amides is 2. The summed E-state index contributed by atoms with van der Waals surface area (Å²) in [5.74, 6) is -0.936. The van der Waals surface area contributed by atoms with Crippen molar-refractivity contribution < 1.29 is 14.0 Å². The number of piperidine rings is 1. The van der Waals surface area contributed by atoms with Crippen LogP contribution in [0.2, 0.25) is 0 Å². The first kappa shape index (κ1) is 17.9. The number of carbonyl (C=O) groups is 2. The molecule has 6 heteroatoms. The standard InChI is InChI=1S/C19H26FN3O2/c1-11(2)17(23-18(24)12-3-5-13(20)6-4-12)19(25)22-16-9-14-7-8-15(10-16)21-14/h3-6,11,14-17,21H,7-10H2,1-2H3,(H,22,25)(H,23,24). The van der Waals surface area contributed by atoms with E-state index in [1.165, 1.54) is 37.1 Å². The van der Waals surface area contributed by atoms with E-state index < -0.39 is 11.9 Å². The normalized spacial score (nSPS) is 26.3. The van der Waals surface area contributed by atoms with Crippen molar-refractivity contribution in [2.45, 2.75) is 63.7 Å². The van der Waals surface area contributed by atoms with Crippen LogP contribution in [-0.4, -0.2) is 36.0 Å². The summed E-state index contributed by atoms with van der Waals surface area (Å²) in [7, 11) is 0. The first-order chi connectivity index (χ1) is 11.9. The Kier molecular flexibility index (Phi) is 5.37. The topological polar surface area (TPSA) is 70.2 Å². The van der Waals surface area contributed by atoms with Crippen molar-refractivity contribution in [1.82, 2.24) is 16.0 Å². The van der Waals surface area contributed by atoms with Gasteiger partial charge in [0, 0.05) is 23.7 Å². The molecule has 5 nitrogen and oxygen atoms in total.